The molecule has 3 N–H and O–H groups in total. The van der Waals surface area contributed by atoms with Crippen LogP contribution in [0.5, 0.6) is 0 Å². The van der Waals surface area contributed by atoms with Gasteiger partial charge in [-0.15, -0.1) is 0 Å². The normalized spacial score (nSPS) is 12.7. The molecule has 0 aliphatic carbocycles. The average Bonchev–Trinajstić information content (AvgIpc) is 2.49. The van der Waals surface area contributed by atoms with Crippen molar-refractivity contribution in [1.82, 2.24) is 5.32 Å². The third kappa shape index (κ3) is 5.30. The summed E-state index contributed by atoms with van der Waals surface area (Å²) < 4.78 is 38.1. The first-order chi connectivity index (χ1) is 11.2. The second kappa shape index (κ2) is 7.38. The average molecular weight is 336 g/mol. The standard InChI is InChI=1S/C18H19F3N2O/c1-12(9-14-3-2-4-15(10-14)18(19,20)21)23-17(24)11-13-5-7-16(22)8-6-13/h2-8,10,12H,9,11,22H2,1H3,(H,23,24). The van der Waals surface area contributed by atoms with E-state index in [0.717, 1.165) is 17.7 Å². The number of rotatable bonds is 5. The molecule has 1 amide bonds. The molecule has 0 fully saturated rings. The summed E-state index contributed by atoms with van der Waals surface area (Å²) in [6, 6.07) is 11.9. The Labute approximate surface area is 138 Å². The van der Waals surface area contributed by atoms with Crippen molar-refractivity contribution >= 4 is 11.6 Å². The van der Waals surface area contributed by atoms with Crippen LogP contribution < -0.4 is 11.1 Å². The van der Waals surface area contributed by atoms with Gasteiger partial charge in [-0.05, 0) is 42.7 Å². The lowest BCUT2D eigenvalue weighted by atomic mass is 10.0. The van der Waals surface area contributed by atoms with E-state index in [4.69, 9.17) is 5.73 Å². The summed E-state index contributed by atoms with van der Waals surface area (Å²) in [7, 11) is 0. The molecule has 2 aromatic carbocycles. The third-order valence-corrected chi connectivity index (χ3v) is 3.55. The Hall–Kier alpha value is -2.50. The highest BCUT2D eigenvalue weighted by Crippen LogP contribution is 2.29. The highest BCUT2D eigenvalue weighted by Gasteiger charge is 2.30. The molecule has 24 heavy (non-hydrogen) atoms. The van der Waals surface area contributed by atoms with E-state index in [1.807, 2.05) is 0 Å². The van der Waals surface area contributed by atoms with Gasteiger partial charge in [-0.25, -0.2) is 0 Å². The van der Waals surface area contributed by atoms with Crippen LogP contribution in [0, 0.1) is 0 Å². The highest BCUT2D eigenvalue weighted by atomic mass is 19.4. The van der Waals surface area contributed by atoms with Crippen molar-refractivity contribution in [2.75, 3.05) is 5.73 Å². The van der Waals surface area contributed by atoms with Crippen molar-refractivity contribution in [1.29, 1.82) is 0 Å². The van der Waals surface area contributed by atoms with E-state index in [-0.39, 0.29) is 18.4 Å². The predicted octanol–water partition coefficient (Wildman–Crippen LogP) is 3.58. The van der Waals surface area contributed by atoms with Gasteiger partial charge in [0.25, 0.3) is 0 Å². The fourth-order valence-corrected chi connectivity index (χ4v) is 2.43. The second-order valence-corrected chi connectivity index (χ2v) is 5.79. The summed E-state index contributed by atoms with van der Waals surface area (Å²) in [6.07, 6.45) is -3.83. The van der Waals surface area contributed by atoms with Gasteiger partial charge in [-0.2, -0.15) is 13.2 Å². The zero-order valence-corrected chi connectivity index (χ0v) is 13.2. The number of hydrogen-bond donors (Lipinski definition) is 2. The summed E-state index contributed by atoms with van der Waals surface area (Å²) >= 11 is 0. The van der Waals surface area contributed by atoms with Crippen molar-refractivity contribution in [3.8, 4) is 0 Å². The van der Waals surface area contributed by atoms with Crippen LogP contribution in [0.2, 0.25) is 0 Å². The molecular formula is C18H19F3N2O. The van der Waals surface area contributed by atoms with Gasteiger partial charge in [0, 0.05) is 11.7 Å². The Morgan fingerprint density at radius 3 is 2.42 bits per heavy atom. The lowest BCUT2D eigenvalue weighted by Crippen LogP contribution is -2.35. The molecule has 1 atom stereocenters. The van der Waals surface area contributed by atoms with E-state index >= 15 is 0 Å². The number of anilines is 1. The quantitative estimate of drug-likeness (QED) is 0.820. The molecule has 0 aliphatic rings. The van der Waals surface area contributed by atoms with Gasteiger partial charge in [-0.1, -0.05) is 30.3 Å². The van der Waals surface area contributed by atoms with Gasteiger partial charge in [0.1, 0.15) is 0 Å². The first-order valence-electron chi connectivity index (χ1n) is 7.54. The van der Waals surface area contributed by atoms with E-state index in [1.165, 1.54) is 6.07 Å². The zero-order valence-electron chi connectivity index (χ0n) is 13.2. The number of benzene rings is 2. The molecule has 1 unspecified atom stereocenters. The SMILES string of the molecule is CC(Cc1cccc(C(F)(F)F)c1)NC(=O)Cc1ccc(N)cc1. The van der Waals surface area contributed by atoms with Crippen LogP contribution in [0.3, 0.4) is 0 Å². The maximum Gasteiger partial charge on any atom is 0.416 e. The molecule has 6 heteroatoms. The maximum absolute atomic E-state index is 12.7. The fraction of sp³-hybridized carbons (Fsp3) is 0.278. The van der Waals surface area contributed by atoms with Crippen LogP contribution in [0.4, 0.5) is 18.9 Å². The van der Waals surface area contributed by atoms with Crippen molar-refractivity contribution in [2.24, 2.45) is 0 Å². The van der Waals surface area contributed by atoms with Crippen molar-refractivity contribution in [2.45, 2.75) is 32.0 Å². The maximum atomic E-state index is 12.7. The number of nitrogens with two attached hydrogens (primary N) is 1. The topological polar surface area (TPSA) is 55.1 Å². The second-order valence-electron chi connectivity index (χ2n) is 5.79. The molecule has 0 saturated heterocycles. The van der Waals surface area contributed by atoms with Crippen molar-refractivity contribution in [3.05, 3.63) is 65.2 Å². The Bertz CT molecular complexity index is 696. The van der Waals surface area contributed by atoms with E-state index in [0.29, 0.717) is 17.7 Å². The molecule has 0 aromatic heterocycles. The molecular weight excluding hydrogens is 317 g/mol. The van der Waals surface area contributed by atoms with E-state index in [2.05, 4.69) is 5.32 Å². The summed E-state index contributed by atoms with van der Waals surface area (Å²) in [4.78, 5) is 12.0. The minimum absolute atomic E-state index is 0.181. The molecule has 0 aliphatic heterocycles. The molecule has 0 radical (unpaired) electrons. The smallest absolute Gasteiger partial charge is 0.399 e. The van der Waals surface area contributed by atoms with Crippen LogP contribution in [-0.4, -0.2) is 11.9 Å². The lowest BCUT2D eigenvalue weighted by molar-refractivity contribution is -0.137. The molecule has 2 aromatic rings. The zero-order chi connectivity index (χ0) is 17.7. The van der Waals surface area contributed by atoms with Crippen LogP contribution >= 0.6 is 0 Å². The molecule has 0 saturated carbocycles. The van der Waals surface area contributed by atoms with Gasteiger partial charge < -0.3 is 11.1 Å². The Morgan fingerprint density at radius 1 is 1.12 bits per heavy atom. The molecule has 128 valence electrons. The minimum Gasteiger partial charge on any atom is -0.399 e. The monoisotopic (exact) mass is 336 g/mol. The number of carbonyl (C=O) groups excluding carboxylic acids is 1. The molecule has 0 bridgehead atoms. The summed E-state index contributed by atoms with van der Waals surface area (Å²) in [5, 5.41) is 2.80. The summed E-state index contributed by atoms with van der Waals surface area (Å²) in [5.41, 5.74) is 6.89. The third-order valence-electron chi connectivity index (χ3n) is 3.55. The predicted molar refractivity (Wildman–Crippen MR) is 87.3 cm³/mol. The van der Waals surface area contributed by atoms with E-state index in [1.54, 1.807) is 37.3 Å². The molecule has 0 spiro atoms. The first kappa shape index (κ1) is 17.8. The number of hydrogen-bond acceptors (Lipinski definition) is 2. The van der Waals surface area contributed by atoms with Crippen molar-refractivity contribution < 1.29 is 18.0 Å². The highest BCUT2D eigenvalue weighted by molar-refractivity contribution is 5.79. The number of carbonyl (C=O) groups is 1. The largest absolute Gasteiger partial charge is 0.416 e. The molecule has 2 rings (SSSR count). The molecule has 0 heterocycles. The van der Waals surface area contributed by atoms with Crippen LogP contribution in [0.15, 0.2) is 48.5 Å². The number of amides is 1. The number of halogens is 3. The summed E-state index contributed by atoms with van der Waals surface area (Å²) in [6.45, 7) is 1.77. The van der Waals surface area contributed by atoms with E-state index < -0.39 is 11.7 Å². The number of nitrogens with one attached hydrogen (secondary N) is 1. The minimum atomic E-state index is -4.36. The lowest BCUT2D eigenvalue weighted by Gasteiger charge is -2.15. The number of alkyl halides is 3. The van der Waals surface area contributed by atoms with Crippen LogP contribution in [-0.2, 0) is 23.8 Å². The van der Waals surface area contributed by atoms with Gasteiger partial charge in [0.05, 0.1) is 12.0 Å². The Kier molecular flexibility index (Phi) is 5.49. The summed E-state index contributed by atoms with van der Waals surface area (Å²) in [5.74, 6) is -0.181. The molecule has 3 nitrogen and oxygen atoms in total. The van der Waals surface area contributed by atoms with Gasteiger partial charge in [0.15, 0.2) is 0 Å². The Morgan fingerprint density at radius 2 is 1.79 bits per heavy atom. The van der Waals surface area contributed by atoms with Crippen LogP contribution in [0.25, 0.3) is 0 Å². The van der Waals surface area contributed by atoms with Gasteiger partial charge >= 0.3 is 6.18 Å². The fourth-order valence-electron chi connectivity index (χ4n) is 2.43. The Balaban J connectivity index is 1.92. The van der Waals surface area contributed by atoms with Crippen LogP contribution in [0.1, 0.15) is 23.6 Å². The van der Waals surface area contributed by atoms with Crippen molar-refractivity contribution in [3.63, 3.8) is 0 Å². The number of nitrogen functional groups attached to an aromatic ring is 1. The van der Waals surface area contributed by atoms with E-state index in [9.17, 15) is 18.0 Å². The first-order valence-corrected chi connectivity index (χ1v) is 7.54. The van der Waals surface area contributed by atoms with Gasteiger partial charge in [0.2, 0.25) is 5.91 Å². The van der Waals surface area contributed by atoms with Gasteiger partial charge in [-0.3, -0.25) is 4.79 Å².